The molecule has 2 atom stereocenters. The normalized spacial score (nSPS) is 19.8. The summed E-state index contributed by atoms with van der Waals surface area (Å²) < 4.78 is 26.3. The predicted molar refractivity (Wildman–Crippen MR) is 85.5 cm³/mol. The highest BCUT2D eigenvalue weighted by molar-refractivity contribution is 6.08. The summed E-state index contributed by atoms with van der Waals surface area (Å²) in [7, 11) is 0. The van der Waals surface area contributed by atoms with Gasteiger partial charge in [-0.1, -0.05) is 36.4 Å². The highest BCUT2D eigenvalue weighted by Gasteiger charge is 2.41. The molecule has 0 aliphatic carbocycles. The van der Waals surface area contributed by atoms with Crippen molar-refractivity contribution < 1.29 is 18.4 Å². The van der Waals surface area contributed by atoms with Crippen LogP contribution in [0.25, 0.3) is 0 Å². The van der Waals surface area contributed by atoms with Crippen LogP contribution in [0.1, 0.15) is 17.0 Å². The number of hydrogen-bond donors (Lipinski definition) is 2. The van der Waals surface area contributed by atoms with Gasteiger partial charge in [0.25, 0.3) is 0 Å². The van der Waals surface area contributed by atoms with E-state index >= 15 is 0 Å². The van der Waals surface area contributed by atoms with Crippen molar-refractivity contribution in [2.45, 2.75) is 12.6 Å². The lowest BCUT2D eigenvalue weighted by atomic mass is 9.87. The summed E-state index contributed by atoms with van der Waals surface area (Å²) in [5.41, 5.74) is 1.33. The van der Waals surface area contributed by atoms with Crippen LogP contribution in [0, 0.1) is 11.7 Å². The van der Waals surface area contributed by atoms with Crippen LogP contribution >= 0.6 is 0 Å². The molecule has 6 heteroatoms. The summed E-state index contributed by atoms with van der Waals surface area (Å²) in [6.07, 6.45) is 0. The fourth-order valence-corrected chi connectivity index (χ4v) is 2.86. The molecule has 1 aliphatic heterocycles. The number of alkyl halides is 1. The SMILES string of the molecule is O=C1NCC(c2ccc(CF)cc2)C1C(=O)Nc1ccccc1F. The molecular weight excluding hydrogens is 314 g/mol. The number of benzene rings is 2. The Bertz CT molecular complexity index is 762. The first-order valence-corrected chi connectivity index (χ1v) is 7.58. The number of carbonyl (C=O) groups excluding carboxylic acids is 2. The van der Waals surface area contributed by atoms with Crippen molar-refractivity contribution in [1.29, 1.82) is 0 Å². The second-order valence-electron chi connectivity index (χ2n) is 5.67. The topological polar surface area (TPSA) is 58.2 Å². The average molecular weight is 330 g/mol. The lowest BCUT2D eigenvalue weighted by molar-refractivity contribution is -0.130. The first-order chi connectivity index (χ1) is 11.6. The zero-order valence-electron chi connectivity index (χ0n) is 12.8. The Morgan fingerprint density at radius 3 is 2.54 bits per heavy atom. The van der Waals surface area contributed by atoms with Crippen LogP contribution in [0.4, 0.5) is 14.5 Å². The molecule has 24 heavy (non-hydrogen) atoms. The van der Waals surface area contributed by atoms with Gasteiger partial charge < -0.3 is 10.6 Å². The van der Waals surface area contributed by atoms with Crippen molar-refractivity contribution in [1.82, 2.24) is 5.32 Å². The summed E-state index contributed by atoms with van der Waals surface area (Å²) in [5.74, 6) is -2.86. The monoisotopic (exact) mass is 330 g/mol. The lowest BCUT2D eigenvalue weighted by Crippen LogP contribution is -2.32. The first-order valence-electron chi connectivity index (χ1n) is 7.58. The number of anilines is 1. The van der Waals surface area contributed by atoms with E-state index in [9.17, 15) is 18.4 Å². The van der Waals surface area contributed by atoms with Crippen molar-refractivity contribution in [3.63, 3.8) is 0 Å². The van der Waals surface area contributed by atoms with Crippen LogP contribution in [0.15, 0.2) is 48.5 Å². The standard InChI is InChI=1S/C18H16F2N2O2/c19-9-11-5-7-12(8-6-11)13-10-21-17(23)16(13)18(24)22-15-4-2-1-3-14(15)20/h1-8,13,16H,9-10H2,(H,21,23)(H,22,24). The van der Waals surface area contributed by atoms with E-state index in [4.69, 9.17) is 0 Å². The molecule has 3 rings (SSSR count). The van der Waals surface area contributed by atoms with E-state index in [2.05, 4.69) is 10.6 Å². The molecule has 4 nitrogen and oxygen atoms in total. The minimum atomic E-state index is -0.958. The third kappa shape index (κ3) is 3.13. The predicted octanol–water partition coefficient (Wildman–Crippen LogP) is 2.76. The highest BCUT2D eigenvalue weighted by atomic mass is 19.1. The Balaban J connectivity index is 1.82. The fraction of sp³-hybridized carbons (Fsp3) is 0.222. The largest absolute Gasteiger partial charge is 0.355 e. The van der Waals surface area contributed by atoms with Gasteiger partial charge in [-0.05, 0) is 23.3 Å². The van der Waals surface area contributed by atoms with Gasteiger partial charge in [-0.3, -0.25) is 9.59 Å². The summed E-state index contributed by atoms with van der Waals surface area (Å²) in [4.78, 5) is 24.6. The maximum atomic E-state index is 13.7. The maximum absolute atomic E-state index is 13.7. The molecule has 0 aromatic heterocycles. The van der Waals surface area contributed by atoms with Gasteiger partial charge in [-0.15, -0.1) is 0 Å². The molecule has 0 bridgehead atoms. The van der Waals surface area contributed by atoms with E-state index in [-0.39, 0.29) is 11.6 Å². The third-order valence-corrected chi connectivity index (χ3v) is 4.16. The van der Waals surface area contributed by atoms with Gasteiger partial charge in [0.1, 0.15) is 18.4 Å². The smallest absolute Gasteiger partial charge is 0.237 e. The Hall–Kier alpha value is -2.76. The number of carbonyl (C=O) groups is 2. The Morgan fingerprint density at radius 1 is 1.17 bits per heavy atom. The molecule has 0 spiro atoms. The van der Waals surface area contributed by atoms with E-state index in [0.717, 1.165) is 5.56 Å². The minimum Gasteiger partial charge on any atom is -0.355 e. The molecule has 2 unspecified atom stereocenters. The van der Waals surface area contributed by atoms with Crippen molar-refractivity contribution in [3.8, 4) is 0 Å². The molecule has 1 fully saturated rings. The second kappa shape index (κ2) is 6.78. The second-order valence-corrected chi connectivity index (χ2v) is 5.67. The van der Waals surface area contributed by atoms with Gasteiger partial charge in [0.05, 0.1) is 5.69 Å². The molecular formula is C18H16F2N2O2. The summed E-state index contributed by atoms with van der Waals surface area (Å²) >= 11 is 0. The molecule has 0 radical (unpaired) electrons. The van der Waals surface area contributed by atoms with Crippen LogP contribution in [-0.2, 0) is 16.3 Å². The number of rotatable bonds is 4. The van der Waals surface area contributed by atoms with E-state index < -0.39 is 30.2 Å². The molecule has 1 aliphatic rings. The molecule has 1 heterocycles. The Morgan fingerprint density at radius 2 is 1.88 bits per heavy atom. The lowest BCUT2D eigenvalue weighted by Gasteiger charge is -2.17. The first kappa shape index (κ1) is 16.1. The maximum Gasteiger partial charge on any atom is 0.237 e. The molecule has 2 amide bonds. The number of halogens is 2. The number of nitrogens with one attached hydrogen (secondary N) is 2. The molecule has 1 saturated heterocycles. The van der Waals surface area contributed by atoms with Crippen LogP contribution < -0.4 is 10.6 Å². The van der Waals surface area contributed by atoms with Crippen molar-refractivity contribution in [2.75, 3.05) is 11.9 Å². The van der Waals surface area contributed by atoms with Crippen molar-refractivity contribution in [3.05, 3.63) is 65.5 Å². The Kier molecular flexibility index (Phi) is 4.55. The number of para-hydroxylation sites is 1. The molecule has 2 aromatic rings. The third-order valence-electron chi connectivity index (χ3n) is 4.16. The highest BCUT2D eigenvalue weighted by Crippen LogP contribution is 2.30. The number of amides is 2. The summed E-state index contributed by atoms with van der Waals surface area (Å²) in [6.45, 7) is -0.261. The molecule has 2 aromatic carbocycles. The summed E-state index contributed by atoms with van der Waals surface area (Å²) in [6, 6.07) is 12.5. The van der Waals surface area contributed by atoms with Gasteiger partial charge >= 0.3 is 0 Å². The summed E-state index contributed by atoms with van der Waals surface area (Å²) in [5, 5.41) is 5.13. The van der Waals surface area contributed by atoms with Crippen LogP contribution in [0.2, 0.25) is 0 Å². The number of hydrogen-bond acceptors (Lipinski definition) is 2. The quantitative estimate of drug-likeness (QED) is 0.847. The van der Waals surface area contributed by atoms with Crippen molar-refractivity contribution >= 4 is 17.5 Å². The van der Waals surface area contributed by atoms with Gasteiger partial charge in [0.15, 0.2) is 0 Å². The molecule has 2 N–H and O–H groups in total. The van der Waals surface area contributed by atoms with Gasteiger partial charge in [0.2, 0.25) is 11.8 Å². The van der Waals surface area contributed by atoms with Crippen LogP contribution in [-0.4, -0.2) is 18.4 Å². The average Bonchev–Trinajstić information content (AvgIpc) is 2.98. The van der Waals surface area contributed by atoms with E-state index in [1.165, 1.54) is 18.2 Å². The van der Waals surface area contributed by atoms with Gasteiger partial charge in [0, 0.05) is 12.5 Å². The Labute approximate surface area is 137 Å². The van der Waals surface area contributed by atoms with E-state index in [1.54, 1.807) is 30.3 Å². The zero-order chi connectivity index (χ0) is 17.1. The van der Waals surface area contributed by atoms with Gasteiger partial charge in [-0.25, -0.2) is 8.78 Å². The molecule has 124 valence electrons. The van der Waals surface area contributed by atoms with Gasteiger partial charge in [-0.2, -0.15) is 0 Å². The van der Waals surface area contributed by atoms with Crippen LogP contribution in [0.5, 0.6) is 0 Å². The fourth-order valence-electron chi connectivity index (χ4n) is 2.86. The van der Waals surface area contributed by atoms with E-state index in [0.29, 0.717) is 12.1 Å². The molecule has 0 saturated carbocycles. The zero-order valence-corrected chi connectivity index (χ0v) is 12.8. The van der Waals surface area contributed by atoms with Crippen molar-refractivity contribution in [2.24, 2.45) is 5.92 Å². The van der Waals surface area contributed by atoms with Crippen LogP contribution in [0.3, 0.4) is 0 Å². The van der Waals surface area contributed by atoms with E-state index in [1.807, 2.05) is 0 Å². The minimum absolute atomic E-state index is 0.0359.